The second-order valence-corrected chi connectivity index (χ2v) is 7.69. The van der Waals surface area contributed by atoms with Crippen molar-refractivity contribution in [3.63, 3.8) is 0 Å². The van der Waals surface area contributed by atoms with Crippen LogP contribution in [0.15, 0.2) is 0 Å². The average Bonchev–Trinajstić information content (AvgIpc) is 3.28. The van der Waals surface area contributed by atoms with E-state index in [0.29, 0.717) is 6.54 Å². The minimum Gasteiger partial charge on any atom is -0.336 e. The fraction of sp³-hybridized carbons (Fsp3) is 0.556. The van der Waals surface area contributed by atoms with E-state index in [2.05, 4.69) is 17.0 Å². The zero-order chi connectivity index (χ0) is 17.6. The predicted octanol–water partition coefficient (Wildman–Crippen LogP) is 3.40. The quantitative estimate of drug-likeness (QED) is 0.702. The Morgan fingerprint density at radius 3 is 2.88 bits per heavy atom. The van der Waals surface area contributed by atoms with Gasteiger partial charge in [0.1, 0.15) is 10.7 Å². The number of carbonyl (C=O) groups is 1. The van der Waals surface area contributed by atoms with Gasteiger partial charge in [0.25, 0.3) is 5.91 Å². The maximum Gasteiger partial charge on any atom is 0.293 e. The molecule has 3 heterocycles. The third-order valence-electron chi connectivity index (χ3n) is 4.95. The maximum atomic E-state index is 12.8. The van der Waals surface area contributed by atoms with Crippen molar-refractivity contribution in [1.29, 1.82) is 0 Å². The van der Waals surface area contributed by atoms with Gasteiger partial charge in [-0.05, 0) is 45.1 Å². The highest BCUT2D eigenvalue weighted by Crippen LogP contribution is 2.38. The van der Waals surface area contributed by atoms with Crippen molar-refractivity contribution in [2.24, 2.45) is 0 Å². The summed E-state index contributed by atoms with van der Waals surface area (Å²) in [5.74, 6) is 0.984. The number of carbonyl (C=O) groups excluding carboxylic acids is 1. The Morgan fingerprint density at radius 1 is 1.28 bits per heavy atom. The van der Waals surface area contributed by atoms with E-state index in [1.165, 1.54) is 16.9 Å². The molecule has 0 fully saturated rings. The van der Waals surface area contributed by atoms with E-state index < -0.39 is 0 Å². The van der Waals surface area contributed by atoms with Crippen LogP contribution < -0.4 is 0 Å². The van der Waals surface area contributed by atoms with Gasteiger partial charge in [0.2, 0.25) is 5.82 Å². The van der Waals surface area contributed by atoms with E-state index >= 15 is 0 Å². The number of fused-ring (bicyclic) bond motifs is 5. The van der Waals surface area contributed by atoms with Crippen LogP contribution in [-0.4, -0.2) is 43.5 Å². The summed E-state index contributed by atoms with van der Waals surface area (Å²) < 4.78 is 1.74. The van der Waals surface area contributed by atoms with Gasteiger partial charge in [-0.3, -0.25) is 4.79 Å². The number of aryl methyl sites for hydroxylation is 3. The van der Waals surface area contributed by atoms with E-state index in [0.717, 1.165) is 53.9 Å². The van der Waals surface area contributed by atoms with Crippen LogP contribution in [0, 0.1) is 6.92 Å². The summed E-state index contributed by atoms with van der Waals surface area (Å²) in [6.45, 7) is 7.48. The molecule has 1 aliphatic rings. The number of unbranched alkanes of at least 4 members (excludes halogenated alkanes) is 1. The summed E-state index contributed by atoms with van der Waals surface area (Å²) in [6, 6.07) is 0. The largest absolute Gasteiger partial charge is 0.336 e. The lowest BCUT2D eigenvalue weighted by Crippen LogP contribution is -2.32. The Morgan fingerprint density at radius 2 is 2.12 bits per heavy atom. The summed E-state index contributed by atoms with van der Waals surface area (Å²) >= 11 is 1.77. The van der Waals surface area contributed by atoms with Crippen molar-refractivity contribution in [3.05, 3.63) is 22.1 Å². The molecule has 0 unspecified atom stereocenters. The third kappa shape index (κ3) is 2.61. The van der Waals surface area contributed by atoms with E-state index in [4.69, 9.17) is 4.98 Å². The molecule has 0 N–H and O–H groups in total. The number of hydrogen-bond acceptors (Lipinski definition) is 5. The normalized spacial score (nSPS) is 13.7. The van der Waals surface area contributed by atoms with E-state index in [1.54, 1.807) is 15.9 Å². The summed E-state index contributed by atoms with van der Waals surface area (Å²) in [5, 5.41) is 5.60. The summed E-state index contributed by atoms with van der Waals surface area (Å²) in [5.41, 5.74) is 2.15. The Balaban J connectivity index is 1.83. The minimum absolute atomic E-state index is 0.0842. The van der Waals surface area contributed by atoms with Crippen molar-refractivity contribution in [2.45, 2.75) is 52.9 Å². The molecule has 0 saturated carbocycles. The molecule has 3 aromatic heterocycles. The lowest BCUT2D eigenvalue weighted by molar-refractivity contribution is 0.0750. The van der Waals surface area contributed by atoms with Gasteiger partial charge in [-0.1, -0.05) is 13.3 Å². The molecule has 0 spiro atoms. The Hall–Kier alpha value is -2.02. The smallest absolute Gasteiger partial charge is 0.293 e. The monoisotopic (exact) mass is 357 g/mol. The van der Waals surface area contributed by atoms with Gasteiger partial charge in [-0.25, -0.2) is 9.97 Å². The van der Waals surface area contributed by atoms with Crippen molar-refractivity contribution in [2.75, 3.05) is 13.1 Å². The first-order valence-electron chi connectivity index (χ1n) is 9.11. The van der Waals surface area contributed by atoms with Gasteiger partial charge in [0, 0.05) is 18.0 Å². The highest BCUT2D eigenvalue weighted by molar-refractivity contribution is 7.19. The van der Waals surface area contributed by atoms with E-state index in [-0.39, 0.29) is 11.7 Å². The van der Waals surface area contributed by atoms with Crippen LogP contribution in [0.3, 0.4) is 0 Å². The summed E-state index contributed by atoms with van der Waals surface area (Å²) in [4.78, 5) is 26.5. The van der Waals surface area contributed by atoms with Crippen LogP contribution in [0.25, 0.3) is 15.9 Å². The zero-order valence-corrected chi connectivity index (χ0v) is 15.8. The molecule has 132 valence electrons. The molecule has 7 heteroatoms. The number of aromatic nitrogens is 4. The van der Waals surface area contributed by atoms with Gasteiger partial charge in [0.15, 0.2) is 5.65 Å². The first-order chi connectivity index (χ1) is 12.1. The number of rotatable bonds is 5. The first-order valence-corrected chi connectivity index (χ1v) is 9.92. The molecule has 1 aliphatic carbocycles. The van der Waals surface area contributed by atoms with Gasteiger partial charge >= 0.3 is 0 Å². The van der Waals surface area contributed by atoms with Crippen molar-refractivity contribution in [1.82, 2.24) is 24.5 Å². The minimum atomic E-state index is -0.0842. The van der Waals surface area contributed by atoms with E-state index in [1.807, 2.05) is 18.7 Å². The number of nitrogens with zero attached hydrogens (tertiary/aromatic N) is 5. The first kappa shape index (κ1) is 16.4. The molecule has 25 heavy (non-hydrogen) atoms. The van der Waals surface area contributed by atoms with Crippen molar-refractivity contribution >= 4 is 33.1 Å². The Bertz CT molecular complexity index is 958. The predicted molar refractivity (Wildman–Crippen MR) is 99.4 cm³/mol. The van der Waals surface area contributed by atoms with Crippen LogP contribution in [-0.2, 0) is 12.8 Å². The van der Waals surface area contributed by atoms with Crippen LogP contribution in [0.5, 0.6) is 0 Å². The molecule has 0 aromatic carbocycles. The van der Waals surface area contributed by atoms with Gasteiger partial charge in [-0.15, -0.1) is 16.4 Å². The lowest BCUT2D eigenvalue weighted by Gasteiger charge is -2.18. The number of thiophene rings is 1. The maximum absolute atomic E-state index is 12.8. The molecule has 0 bridgehead atoms. The third-order valence-corrected chi connectivity index (χ3v) is 6.13. The molecule has 0 saturated heterocycles. The standard InChI is InChI=1S/C18H23N5OS/c1-4-6-10-22(5-2)18(24)15-20-16-14-12-8-7-9-13(12)25-17(14)19-11(3)23(16)21-15/h4-10H2,1-3H3. The van der Waals surface area contributed by atoms with Crippen molar-refractivity contribution < 1.29 is 4.79 Å². The summed E-state index contributed by atoms with van der Waals surface area (Å²) in [6.07, 6.45) is 5.45. The van der Waals surface area contributed by atoms with Gasteiger partial charge in [0.05, 0.1) is 5.39 Å². The summed E-state index contributed by atoms with van der Waals surface area (Å²) in [7, 11) is 0. The van der Waals surface area contributed by atoms with Crippen LogP contribution in [0.4, 0.5) is 0 Å². The van der Waals surface area contributed by atoms with Crippen LogP contribution in [0.2, 0.25) is 0 Å². The lowest BCUT2D eigenvalue weighted by atomic mass is 10.2. The molecular formula is C18H23N5OS. The SMILES string of the molecule is CCCCN(CC)C(=O)c1nc2c3c4c(sc3nc(C)n2n1)CCC4. The second-order valence-electron chi connectivity index (χ2n) is 6.61. The topological polar surface area (TPSA) is 63.4 Å². The molecule has 0 atom stereocenters. The van der Waals surface area contributed by atoms with Crippen LogP contribution in [0.1, 0.15) is 60.0 Å². The average molecular weight is 357 g/mol. The molecular weight excluding hydrogens is 334 g/mol. The highest BCUT2D eigenvalue weighted by atomic mass is 32.1. The van der Waals surface area contributed by atoms with E-state index in [9.17, 15) is 4.79 Å². The van der Waals surface area contributed by atoms with Crippen molar-refractivity contribution in [3.8, 4) is 0 Å². The fourth-order valence-corrected chi connectivity index (χ4v) is 4.88. The molecule has 0 radical (unpaired) electrons. The zero-order valence-electron chi connectivity index (χ0n) is 15.0. The second kappa shape index (κ2) is 6.37. The molecule has 0 aliphatic heterocycles. The van der Waals surface area contributed by atoms with Gasteiger partial charge in [-0.2, -0.15) is 4.52 Å². The Labute approximate surface area is 150 Å². The molecule has 1 amide bonds. The van der Waals surface area contributed by atoms with Gasteiger partial charge < -0.3 is 4.90 Å². The Kier molecular flexibility index (Phi) is 4.19. The fourth-order valence-electron chi connectivity index (χ4n) is 3.58. The van der Waals surface area contributed by atoms with Crippen LogP contribution >= 0.6 is 11.3 Å². The number of hydrogen-bond donors (Lipinski definition) is 0. The highest BCUT2D eigenvalue weighted by Gasteiger charge is 2.25. The molecule has 4 rings (SSSR count). The molecule has 6 nitrogen and oxygen atoms in total. The number of amides is 1. The molecule has 3 aromatic rings.